The van der Waals surface area contributed by atoms with Gasteiger partial charge in [-0.1, -0.05) is 18.2 Å². The van der Waals surface area contributed by atoms with Crippen molar-refractivity contribution in [3.8, 4) is 5.69 Å². The first kappa shape index (κ1) is 15.9. The molecular weight excluding hydrogens is 330 g/mol. The smallest absolute Gasteiger partial charge is 0.344 e. The molecule has 0 fully saturated rings. The number of ether oxygens (including phenoxy) is 1. The number of anilines is 2. The molecule has 0 aliphatic carbocycles. The Morgan fingerprint density at radius 1 is 1.08 bits per heavy atom. The van der Waals surface area contributed by atoms with Crippen LogP contribution in [0.5, 0.6) is 0 Å². The maximum Gasteiger partial charge on any atom is 0.344 e. The van der Waals surface area contributed by atoms with Crippen molar-refractivity contribution < 1.29 is 9.53 Å². The zero-order chi connectivity index (χ0) is 18.3. The topological polar surface area (TPSA) is 109 Å². The lowest BCUT2D eigenvalue weighted by Gasteiger charge is -2.08. The summed E-state index contributed by atoms with van der Waals surface area (Å²) >= 11 is 0. The number of benzene rings is 2. The quantitative estimate of drug-likeness (QED) is 0.436. The van der Waals surface area contributed by atoms with Gasteiger partial charge in [0.15, 0.2) is 5.65 Å². The molecule has 7 nitrogen and oxygen atoms in total. The predicted octanol–water partition coefficient (Wildman–Crippen LogP) is 2.91. The molecule has 26 heavy (non-hydrogen) atoms. The number of hydrogen-bond donors (Lipinski definition) is 2. The molecule has 0 atom stereocenters. The molecular formula is C19H17N5O2. The summed E-state index contributed by atoms with van der Waals surface area (Å²) in [5, 5.41) is 0. The van der Waals surface area contributed by atoms with Gasteiger partial charge in [0.2, 0.25) is 0 Å². The van der Waals surface area contributed by atoms with Gasteiger partial charge in [-0.15, -0.1) is 0 Å². The van der Waals surface area contributed by atoms with Gasteiger partial charge in [0.1, 0.15) is 16.9 Å². The summed E-state index contributed by atoms with van der Waals surface area (Å²) in [5.74, 6) is -0.304. The van der Waals surface area contributed by atoms with Gasteiger partial charge in [0.05, 0.1) is 23.3 Å². The van der Waals surface area contributed by atoms with Crippen molar-refractivity contribution in [3.63, 3.8) is 0 Å². The fourth-order valence-corrected chi connectivity index (χ4v) is 2.99. The second kappa shape index (κ2) is 6.03. The van der Waals surface area contributed by atoms with E-state index in [-0.39, 0.29) is 18.0 Å². The highest BCUT2D eigenvalue weighted by molar-refractivity contribution is 6.09. The van der Waals surface area contributed by atoms with E-state index in [4.69, 9.17) is 16.2 Å². The van der Waals surface area contributed by atoms with E-state index in [9.17, 15) is 4.79 Å². The van der Waals surface area contributed by atoms with Gasteiger partial charge >= 0.3 is 5.97 Å². The molecule has 4 aromatic rings. The molecule has 0 radical (unpaired) electrons. The van der Waals surface area contributed by atoms with Crippen LogP contribution in [0.2, 0.25) is 0 Å². The Morgan fingerprint density at radius 2 is 1.81 bits per heavy atom. The van der Waals surface area contributed by atoms with E-state index in [1.54, 1.807) is 23.6 Å². The lowest BCUT2D eigenvalue weighted by Crippen LogP contribution is -2.09. The van der Waals surface area contributed by atoms with Gasteiger partial charge in [0.25, 0.3) is 0 Å². The molecule has 2 aromatic carbocycles. The van der Waals surface area contributed by atoms with Crippen molar-refractivity contribution >= 4 is 39.7 Å². The number of carbonyl (C=O) groups excluding carboxylic acids is 1. The largest absolute Gasteiger partial charge is 0.462 e. The highest BCUT2D eigenvalue weighted by atomic mass is 16.5. The first-order chi connectivity index (χ1) is 12.6. The van der Waals surface area contributed by atoms with Crippen molar-refractivity contribution in [1.29, 1.82) is 0 Å². The lowest BCUT2D eigenvalue weighted by molar-refractivity contribution is 0.0529. The Bertz CT molecular complexity index is 1150. The SMILES string of the molecule is CCOC(=O)c1c(N)n(-c2cccc(N)c2)c2nc3ccccc3nc12. The maximum absolute atomic E-state index is 12.5. The third-order valence-electron chi connectivity index (χ3n) is 4.11. The molecule has 0 aliphatic rings. The molecule has 0 amide bonds. The maximum atomic E-state index is 12.5. The summed E-state index contributed by atoms with van der Waals surface area (Å²) in [4.78, 5) is 21.8. The van der Waals surface area contributed by atoms with Crippen molar-refractivity contribution in [2.24, 2.45) is 0 Å². The van der Waals surface area contributed by atoms with Gasteiger partial charge in [0, 0.05) is 5.69 Å². The Kier molecular flexibility index (Phi) is 3.69. The van der Waals surface area contributed by atoms with Gasteiger partial charge < -0.3 is 16.2 Å². The summed E-state index contributed by atoms with van der Waals surface area (Å²) < 4.78 is 6.86. The highest BCUT2D eigenvalue weighted by Gasteiger charge is 2.25. The number of nitrogens with two attached hydrogens (primary N) is 2. The van der Waals surface area contributed by atoms with E-state index < -0.39 is 5.97 Å². The zero-order valence-electron chi connectivity index (χ0n) is 14.1. The van der Waals surface area contributed by atoms with E-state index in [1.807, 2.05) is 36.4 Å². The number of fused-ring (bicyclic) bond motifs is 2. The van der Waals surface area contributed by atoms with Gasteiger partial charge in [-0.2, -0.15) is 0 Å². The van der Waals surface area contributed by atoms with Crippen LogP contribution >= 0.6 is 0 Å². The van der Waals surface area contributed by atoms with Crippen molar-refractivity contribution in [3.05, 3.63) is 54.1 Å². The van der Waals surface area contributed by atoms with Crippen molar-refractivity contribution in [2.45, 2.75) is 6.92 Å². The fraction of sp³-hybridized carbons (Fsp3) is 0.105. The van der Waals surface area contributed by atoms with Gasteiger partial charge in [-0.05, 0) is 37.3 Å². The molecule has 4 rings (SSSR count). The number of esters is 1. The normalized spacial score (nSPS) is 11.1. The van der Waals surface area contributed by atoms with Crippen LogP contribution in [-0.4, -0.2) is 27.1 Å². The van der Waals surface area contributed by atoms with Crippen LogP contribution in [-0.2, 0) is 4.74 Å². The summed E-state index contributed by atoms with van der Waals surface area (Å²) in [7, 11) is 0. The van der Waals surface area contributed by atoms with E-state index in [2.05, 4.69) is 9.97 Å². The highest BCUT2D eigenvalue weighted by Crippen LogP contribution is 2.31. The van der Waals surface area contributed by atoms with E-state index >= 15 is 0 Å². The van der Waals surface area contributed by atoms with Crippen molar-refractivity contribution in [2.75, 3.05) is 18.1 Å². The third-order valence-corrected chi connectivity index (χ3v) is 4.11. The van der Waals surface area contributed by atoms with Crippen molar-refractivity contribution in [1.82, 2.24) is 14.5 Å². The Labute approximate surface area is 149 Å². The van der Waals surface area contributed by atoms with Crippen LogP contribution in [0.25, 0.3) is 27.9 Å². The molecule has 2 aromatic heterocycles. The van der Waals surface area contributed by atoms with Crippen LogP contribution in [0.1, 0.15) is 17.3 Å². The standard InChI is InChI=1S/C19H17N5O2/c1-2-26-19(25)15-16-18(23-14-9-4-3-8-13(14)22-16)24(17(15)21)12-7-5-6-11(20)10-12/h3-10H,2,20-21H2,1H3. The number of carbonyl (C=O) groups is 1. The fourth-order valence-electron chi connectivity index (χ4n) is 2.99. The minimum atomic E-state index is -0.526. The first-order valence-corrected chi connectivity index (χ1v) is 8.20. The monoisotopic (exact) mass is 347 g/mol. The number of nitrogen functional groups attached to an aromatic ring is 2. The number of para-hydroxylation sites is 2. The number of nitrogens with zero attached hydrogens (tertiary/aromatic N) is 3. The predicted molar refractivity (Wildman–Crippen MR) is 101 cm³/mol. The third kappa shape index (κ3) is 2.41. The average molecular weight is 347 g/mol. The second-order valence-electron chi connectivity index (χ2n) is 5.80. The first-order valence-electron chi connectivity index (χ1n) is 8.20. The van der Waals surface area contributed by atoms with Crippen LogP contribution in [0.3, 0.4) is 0 Å². The van der Waals surface area contributed by atoms with Crippen LogP contribution in [0.15, 0.2) is 48.5 Å². The van der Waals surface area contributed by atoms with Crippen LogP contribution < -0.4 is 11.5 Å². The molecule has 0 spiro atoms. The zero-order valence-corrected chi connectivity index (χ0v) is 14.1. The Morgan fingerprint density at radius 3 is 2.50 bits per heavy atom. The average Bonchev–Trinajstić information content (AvgIpc) is 2.90. The molecule has 2 heterocycles. The molecule has 0 unspecified atom stereocenters. The molecule has 7 heteroatoms. The minimum absolute atomic E-state index is 0.211. The van der Waals surface area contributed by atoms with Crippen LogP contribution in [0.4, 0.5) is 11.5 Å². The Hall–Kier alpha value is -3.61. The molecule has 0 aliphatic heterocycles. The second-order valence-corrected chi connectivity index (χ2v) is 5.80. The van der Waals surface area contributed by atoms with Gasteiger partial charge in [-0.3, -0.25) is 4.57 Å². The van der Waals surface area contributed by atoms with E-state index in [1.165, 1.54) is 0 Å². The Balaban J connectivity index is 2.11. The molecule has 0 saturated carbocycles. The molecule has 130 valence electrons. The molecule has 0 saturated heterocycles. The summed E-state index contributed by atoms with van der Waals surface area (Å²) in [6.07, 6.45) is 0. The number of rotatable bonds is 3. The lowest BCUT2D eigenvalue weighted by atomic mass is 10.2. The van der Waals surface area contributed by atoms with E-state index in [0.29, 0.717) is 33.6 Å². The van der Waals surface area contributed by atoms with Gasteiger partial charge in [-0.25, -0.2) is 14.8 Å². The number of hydrogen-bond acceptors (Lipinski definition) is 6. The molecule has 0 bridgehead atoms. The number of aromatic nitrogens is 3. The minimum Gasteiger partial charge on any atom is -0.462 e. The summed E-state index contributed by atoms with van der Waals surface area (Å²) in [5.41, 5.74) is 16.0. The summed E-state index contributed by atoms with van der Waals surface area (Å²) in [6, 6.07) is 14.6. The van der Waals surface area contributed by atoms with Crippen LogP contribution in [0, 0.1) is 0 Å². The molecule has 4 N–H and O–H groups in total. The summed E-state index contributed by atoms with van der Waals surface area (Å²) in [6.45, 7) is 1.98. The van der Waals surface area contributed by atoms with E-state index in [0.717, 1.165) is 0 Å².